The Morgan fingerprint density at radius 2 is 1.95 bits per heavy atom. The molecule has 0 unspecified atom stereocenters. The largest absolute Gasteiger partial charge is 0.507 e. The van der Waals surface area contributed by atoms with Crippen molar-refractivity contribution in [3.63, 3.8) is 0 Å². The number of ketones is 1. The van der Waals surface area contributed by atoms with E-state index in [1.54, 1.807) is 13.8 Å². The van der Waals surface area contributed by atoms with Crippen LogP contribution < -0.4 is 4.74 Å². The quantitative estimate of drug-likeness (QED) is 0.639. The van der Waals surface area contributed by atoms with Crippen LogP contribution in [0.2, 0.25) is 0 Å². The van der Waals surface area contributed by atoms with Crippen LogP contribution in [0.15, 0.2) is 17.7 Å². The Bertz CT molecular complexity index is 538. The van der Waals surface area contributed by atoms with Crippen molar-refractivity contribution in [3.8, 4) is 17.2 Å². The Hall–Kier alpha value is -1.97. The van der Waals surface area contributed by atoms with Gasteiger partial charge in [0.05, 0.1) is 7.11 Å². The molecule has 4 heteroatoms. The average molecular weight is 278 g/mol. The highest BCUT2D eigenvalue weighted by atomic mass is 16.5. The standard InChI is InChI=1S/C16H22O4/c1-9(2)6-7-11-12(17)8-13(20-5)14(16(11)19)15(18)10(3)4/h6,8,10,17,19H,7H2,1-5H3. The SMILES string of the molecule is COc1cc(O)c(CC=C(C)C)c(O)c1C(=O)C(C)C. The van der Waals surface area contributed by atoms with E-state index in [2.05, 4.69) is 0 Å². The van der Waals surface area contributed by atoms with Crippen LogP contribution in [0.3, 0.4) is 0 Å². The fraction of sp³-hybridized carbons (Fsp3) is 0.438. The second-order valence-corrected chi connectivity index (χ2v) is 5.30. The molecular weight excluding hydrogens is 256 g/mol. The van der Waals surface area contributed by atoms with Crippen molar-refractivity contribution in [3.05, 3.63) is 28.8 Å². The van der Waals surface area contributed by atoms with E-state index in [1.165, 1.54) is 13.2 Å². The number of benzene rings is 1. The van der Waals surface area contributed by atoms with E-state index in [0.29, 0.717) is 12.0 Å². The number of carbonyl (C=O) groups is 1. The smallest absolute Gasteiger partial charge is 0.172 e. The Morgan fingerprint density at radius 1 is 1.35 bits per heavy atom. The van der Waals surface area contributed by atoms with Crippen LogP contribution in [0.4, 0.5) is 0 Å². The summed E-state index contributed by atoms with van der Waals surface area (Å²) in [7, 11) is 1.40. The molecule has 0 amide bonds. The van der Waals surface area contributed by atoms with Gasteiger partial charge in [-0.1, -0.05) is 25.5 Å². The van der Waals surface area contributed by atoms with Crippen molar-refractivity contribution < 1.29 is 19.7 Å². The number of Topliss-reactive ketones (excluding diaryl/α,β-unsaturated/α-hetero) is 1. The predicted molar refractivity (Wildman–Crippen MR) is 78.6 cm³/mol. The molecule has 1 aromatic rings. The van der Waals surface area contributed by atoms with Crippen molar-refractivity contribution in [2.75, 3.05) is 7.11 Å². The maximum atomic E-state index is 12.2. The van der Waals surface area contributed by atoms with Crippen molar-refractivity contribution in [1.29, 1.82) is 0 Å². The van der Waals surface area contributed by atoms with Gasteiger partial charge < -0.3 is 14.9 Å². The third-order valence-corrected chi connectivity index (χ3v) is 3.05. The summed E-state index contributed by atoms with van der Waals surface area (Å²) in [5.41, 5.74) is 1.55. The minimum Gasteiger partial charge on any atom is -0.507 e. The van der Waals surface area contributed by atoms with Gasteiger partial charge in [0.15, 0.2) is 5.78 Å². The fourth-order valence-corrected chi connectivity index (χ4v) is 1.87. The first-order valence-electron chi connectivity index (χ1n) is 6.58. The summed E-state index contributed by atoms with van der Waals surface area (Å²) in [6.45, 7) is 7.36. The lowest BCUT2D eigenvalue weighted by Crippen LogP contribution is -2.10. The zero-order valence-electron chi connectivity index (χ0n) is 12.7. The molecule has 0 fully saturated rings. The minimum absolute atomic E-state index is 0.0721. The van der Waals surface area contributed by atoms with E-state index < -0.39 is 0 Å². The van der Waals surface area contributed by atoms with E-state index in [4.69, 9.17) is 4.74 Å². The second kappa shape index (κ2) is 6.46. The summed E-state index contributed by atoms with van der Waals surface area (Å²) in [6, 6.07) is 1.38. The lowest BCUT2D eigenvalue weighted by Gasteiger charge is -2.15. The molecule has 1 rings (SSSR count). The van der Waals surface area contributed by atoms with E-state index in [-0.39, 0.29) is 34.5 Å². The number of phenols is 2. The predicted octanol–water partition coefficient (Wildman–Crippen LogP) is 3.45. The van der Waals surface area contributed by atoms with Gasteiger partial charge in [-0.15, -0.1) is 0 Å². The number of rotatable bonds is 5. The highest BCUT2D eigenvalue weighted by molar-refractivity contribution is 6.03. The first kappa shape index (κ1) is 16.1. The Balaban J connectivity index is 3.45. The maximum absolute atomic E-state index is 12.2. The molecule has 4 nitrogen and oxygen atoms in total. The lowest BCUT2D eigenvalue weighted by molar-refractivity contribution is 0.0933. The molecule has 0 radical (unpaired) electrons. The van der Waals surface area contributed by atoms with Gasteiger partial charge in [0.1, 0.15) is 22.8 Å². The summed E-state index contributed by atoms with van der Waals surface area (Å²) in [4.78, 5) is 12.2. The second-order valence-electron chi connectivity index (χ2n) is 5.30. The van der Waals surface area contributed by atoms with E-state index in [0.717, 1.165) is 5.57 Å². The topological polar surface area (TPSA) is 66.8 Å². The molecule has 1 aromatic carbocycles. The average Bonchev–Trinajstić information content (AvgIpc) is 2.36. The Kier molecular flexibility index (Phi) is 5.19. The molecule has 0 aliphatic carbocycles. The summed E-state index contributed by atoms with van der Waals surface area (Å²) in [5.74, 6) is -0.552. The van der Waals surface area contributed by atoms with Crippen molar-refractivity contribution in [1.82, 2.24) is 0 Å². The molecular formula is C16H22O4. The fourth-order valence-electron chi connectivity index (χ4n) is 1.87. The van der Waals surface area contributed by atoms with Crippen molar-refractivity contribution in [2.45, 2.75) is 34.1 Å². The molecule has 0 spiro atoms. The molecule has 0 aliphatic heterocycles. The first-order chi connectivity index (χ1) is 9.29. The van der Waals surface area contributed by atoms with Gasteiger partial charge in [-0.25, -0.2) is 0 Å². The van der Waals surface area contributed by atoms with Gasteiger partial charge in [-0.3, -0.25) is 4.79 Å². The number of hydrogen-bond donors (Lipinski definition) is 2. The zero-order valence-corrected chi connectivity index (χ0v) is 12.7. The van der Waals surface area contributed by atoms with Gasteiger partial charge in [0.25, 0.3) is 0 Å². The first-order valence-corrected chi connectivity index (χ1v) is 6.58. The van der Waals surface area contributed by atoms with Crippen LogP contribution in [0.25, 0.3) is 0 Å². The molecule has 0 saturated heterocycles. The highest BCUT2D eigenvalue weighted by Crippen LogP contribution is 2.39. The lowest BCUT2D eigenvalue weighted by atomic mass is 9.95. The molecule has 0 saturated carbocycles. The Labute approximate surface area is 119 Å². The third kappa shape index (κ3) is 3.32. The van der Waals surface area contributed by atoms with Gasteiger partial charge in [-0.05, 0) is 20.3 Å². The molecule has 0 heterocycles. The number of allylic oxidation sites excluding steroid dienone is 2. The molecule has 0 atom stereocenters. The summed E-state index contributed by atoms with van der Waals surface area (Å²) >= 11 is 0. The molecule has 0 aromatic heterocycles. The molecule has 20 heavy (non-hydrogen) atoms. The van der Waals surface area contributed by atoms with Crippen molar-refractivity contribution >= 4 is 5.78 Å². The van der Waals surface area contributed by atoms with Crippen LogP contribution in [0, 0.1) is 5.92 Å². The monoisotopic (exact) mass is 278 g/mol. The summed E-state index contributed by atoms with van der Waals surface area (Å²) in [6.07, 6.45) is 2.24. The van der Waals surface area contributed by atoms with Crippen LogP contribution in [-0.4, -0.2) is 23.1 Å². The number of carbonyl (C=O) groups excluding carboxylic acids is 1. The van der Waals surface area contributed by atoms with Gasteiger partial charge in [0.2, 0.25) is 0 Å². The molecule has 2 N–H and O–H groups in total. The van der Waals surface area contributed by atoms with Crippen molar-refractivity contribution in [2.24, 2.45) is 5.92 Å². The number of phenolic OH excluding ortho intramolecular Hbond substituents is 2. The maximum Gasteiger partial charge on any atom is 0.172 e. The van der Waals surface area contributed by atoms with E-state index in [1.807, 2.05) is 19.9 Å². The van der Waals surface area contributed by atoms with Gasteiger partial charge >= 0.3 is 0 Å². The molecule has 0 aliphatic rings. The molecule has 110 valence electrons. The highest BCUT2D eigenvalue weighted by Gasteiger charge is 2.24. The van der Waals surface area contributed by atoms with E-state index >= 15 is 0 Å². The van der Waals surface area contributed by atoms with Gasteiger partial charge in [0, 0.05) is 17.5 Å². The number of ether oxygens (including phenoxy) is 1. The zero-order chi connectivity index (χ0) is 15.4. The van der Waals surface area contributed by atoms with Crippen LogP contribution in [0.5, 0.6) is 17.2 Å². The third-order valence-electron chi connectivity index (χ3n) is 3.05. The minimum atomic E-state index is -0.268. The molecule has 0 bridgehead atoms. The summed E-state index contributed by atoms with van der Waals surface area (Å²) in [5, 5.41) is 20.3. The van der Waals surface area contributed by atoms with E-state index in [9.17, 15) is 15.0 Å². The number of hydrogen-bond acceptors (Lipinski definition) is 4. The van der Waals surface area contributed by atoms with Crippen LogP contribution in [0.1, 0.15) is 43.6 Å². The number of methoxy groups -OCH3 is 1. The van der Waals surface area contributed by atoms with Gasteiger partial charge in [-0.2, -0.15) is 0 Å². The van der Waals surface area contributed by atoms with Crippen LogP contribution >= 0.6 is 0 Å². The van der Waals surface area contributed by atoms with Crippen LogP contribution in [-0.2, 0) is 6.42 Å². The summed E-state index contributed by atoms with van der Waals surface area (Å²) < 4.78 is 5.10. The Morgan fingerprint density at radius 3 is 2.40 bits per heavy atom. The number of aromatic hydroxyl groups is 2. The normalized spacial score (nSPS) is 10.5.